The maximum absolute atomic E-state index is 12.4. The van der Waals surface area contributed by atoms with Crippen LogP contribution in [-0.2, 0) is 16.0 Å². The van der Waals surface area contributed by atoms with Gasteiger partial charge in [-0.05, 0) is 26.3 Å². The second-order valence-corrected chi connectivity index (χ2v) is 6.64. The third kappa shape index (κ3) is 4.25. The third-order valence-corrected chi connectivity index (χ3v) is 3.75. The number of ether oxygens (including phenoxy) is 1. The van der Waals surface area contributed by atoms with Crippen molar-refractivity contribution in [2.75, 3.05) is 13.1 Å². The number of nitrogens with zero attached hydrogens (tertiary/aromatic N) is 1. The minimum absolute atomic E-state index is 0.0645. The molecule has 1 heterocycles. The molecular formula is C16H22N2O2S. The van der Waals surface area contributed by atoms with Gasteiger partial charge in [-0.2, -0.15) is 0 Å². The van der Waals surface area contributed by atoms with Gasteiger partial charge in [-0.15, -0.1) is 0 Å². The lowest BCUT2D eigenvalue weighted by Crippen LogP contribution is -2.54. The number of carbonyl (C=O) groups excluding carboxylic acids is 1. The Morgan fingerprint density at radius 1 is 1.43 bits per heavy atom. The summed E-state index contributed by atoms with van der Waals surface area (Å²) in [7, 11) is 0. The number of hydrogen-bond donors (Lipinski definition) is 1. The van der Waals surface area contributed by atoms with E-state index < -0.39 is 0 Å². The van der Waals surface area contributed by atoms with Gasteiger partial charge in [-0.25, -0.2) is 0 Å². The van der Waals surface area contributed by atoms with Crippen LogP contribution in [0.5, 0.6) is 0 Å². The van der Waals surface area contributed by atoms with Crippen molar-refractivity contribution in [2.24, 2.45) is 5.73 Å². The molecule has 0 spiro atoms. The quantitative estimate of drug-likeness (QED) is 0.867. The number of nitrogens with two attached hydrogens (primary N) is 1. The summed E-state index contributed by atoms with van der Waals surface area (Å²) >= 11 is 4.92. The summed E-state index contributed by atoms with van der Waals surface area (Å²) in [5.41, 5.74) is 7.07. The maximum Gasteiger partial charge on any atom is 0.227 e. The van der Waals surface area contributed by atoms with E-state index in [0.717, 1.165) is 11.1 Å². The zero-order chi connectivity index (χ0) is 15.6. The number of benzene rings is 1. The molecule has 5 heteroatoms. The Bertz CT molecular complexity index is 540. The summed E-state index contributed by atoms with van der Waals surface area (Å²) in [6.45, 7) is 7.30. The van der Waals surface area contributed by atoms with E-state index in [1.165, 1.54) is 0 Å². The predicted octanol–water partition coefficient (Wildman–Crippen LogP) is 1.89. The molecule has 2 N–H and O–H groups in total. The molecule has 1 aliphatic rings. The van der Waals surface area contributed by atoms with Gasteiger partial charge in [0.25, 0.3) is 0 Å². The average molecular weight is 306 g/mol. The molecule has 1 aliphatic heterocycles. The molecule has 0 aliphatic carbocycles. The SMILES string of the molecule is CC1CN(C(=O)Cc2ccc(C(N)=S)cc2)CC(C)(C)O1. The summed E-state index contributed by atoms with van der Waals surface area (Å²) in [5, 5.41) is 0. The number of carbonyl (C=O) groups is 1. The van der Waals surface area contributed by atoms with E-state index in [2.05, 4.69) is 0 Å². The second-order valence-electron chi connectivity index (χ2n) is 6.20. The molecule has 114 valence electrons. The molecule has 1 saturated heterocycles. The summed E-state index contributed by atoms with van der Waals surface area (Å²) < 4.78 is 5.82. The Kier molecular flexibility index (Phi) is 4.64. The lowest BCUT2D eigenvalue weighted by atomic mass is 10.0. The molecule has 1 fully saturated rings. The second kappa shape index (κ2) is 6.12. The summed E-state index contributed by atoms with van der Waals surface area (Å²) in [6.07, 6.45) is 0.454. The van der Waals surface area contributed by atoms with Gasteiger partial charge in [0.15, 0.2) is 0 Å². The lowest BCUT2D eigenvalue weighted by Gasteiger charge is -2.41. The first kappa shape index (κ1) is 15.9. The number of amides is 1. The van der Waals surface area contributed by atoms with E-state index in [9.17, 15) is 4.79 Å². The summed E-state index contributed by atoms with van der Waals surface area (Å²) in [5.74, 6) is 0.126. The van der Waals surface area contributed by atoms with Crippen LogP contribution in [0.3, 0.4) is 0 Å². The van der Waals surface area contributed by atoms with Crippen molar-refractivity contribution in [2.45, 2.75) is 38.9 Å². The van der Waals surface area contributed by atoms with Gasteiger partial charge in [-0.3, -0.25) is 4.79 Å². The third-order valence-electron chi connectivity index (χ3n) is 3.52. The van der Waals surface area contributed by atoms with Gasteiger partial charge < -0.3 is 15.4 Å². The Balaban J connectivity index is 2.02. The van der Waals surface area contributed by atoms with Crippen LogP contribution in [0.15, 0.2) is 24.3 Å². The first-order chi connectivity index (χ1) is 9.77. The van der Waals surface area contributed by atoms with E-state index in [-0.39, 0.29) is 17.6 Å². The summed E-state index contributed by atoms with van der Waals surface area (Å²) in [6, 6.07) is 7.52. The molecule has 2 rings (SSSR count). The number of hydrogen-bond acceptors (Lipinski definition) is 3. The smallest absolute Gasteiger partial charge is 0.227 e. The van der Waals surface area contributed by atoms with Crippen LogP contribution >= 0.6 is 12.2 Å². The van der Waals surface area contributed by atoms with Gasteiger partial charge in [0, 0.05) is 18.7 Å². The van der Waals surface area contributed by atoms with Crippen LogP contribution in [0.1, 0.15) is 31.9 Å². The average Bonchev–Trinajstić information content (AvgIpc) is 2.36. The molecule has 1 unspecified atom stereocenters. The van der Waals surface area contributed by atoms with E-state index in [1.54, 1.807) is 0 Å². The highest BCUT2D eigenvalue weighted by Crippen LogP contribution is 2.21. The molecule has 1 atom stereocenters. The topological polar surface area (TPSA) is 55.6 Å². The van der Waals surface area contributed by atoms with Crippen molar-refractivity contribution in [3.63, 3.8) is 0 Å². The highest BCUT2D eigenvalue weighted by atomic mass is 32.1. The lowest BCUT2D eigenvalue weighted by molar-refractivity contribution is -0.157. The molecular weight excluding hydrogens is 284 g/mol. The Morgan fingerprint density at radius 2 is 2.05 bits per heavy atom. The van der Waals surface area contributed by atoms with Gasteiger partial charge in [-0.1, -0.05) is 36.5 Å². The van der Waals surface area contributed by atoms with E-state index in [1.807, 2.05) is 49.9 Å². The van der Waals surface area contributed by atoms with Gasteiger partial charge >= 0.3 is 0 Å². The Hall–Kier alpha value is -1.46. The first-order valence-corrected chi connectivity index (χ1v) is 7.52. The van der Waals surface area contributed by atoms with Crippen molar-refractivity contribution in [1.82, 2.24) is 4.90 Å². The summed E-state index contributed by atoms with van der Waals surface area (Å²) in [4.78, 5) is 14.7. The molecule has 21 heavy (non-hydrogen) atoms. The van der Waals surface area contributed by atoms with Crippen molar-refractivity contribution in [3.05, 3.63) is 35.4 Å². The zero-order valence-corrected chi connectivity index (χ0v) is 13.6. The Morgan fingerprint density at radius 3 is 2.57 bits per heavy atom. The fourth-order valence-electron chi connectivity index (χ4n) is 2.72. The van der Waals surface area contributed by atoms with Crippen LogP contribution in [0.4, 0.5) is 0 Å². The van der Waals surface area contributed by atoms with Gasteiger partial charge in [0.1, 0.15) is 4.99 Å². The van der Waals surface area contributed by atoms with Crippen molar-refractivity contribution in [3.8, 4) is 0 Å². The van der Waals surface area contributed by atoms with Crippen LogP contribution in [0.2, 0.25) is 0 Å². The van der Waals surface area contributed by atoms with Crippen LogP contribution in [0, 0.1) is 0 Å². The van der Waals surface area contributed by atoms with Crippen molar-refractivity contribution >= 4 is 23.1 Å². The van der Waals surface area contributed by atoms with Crippen LogP contribution < -0.4 is 5.73 Å². The van der Waals surface area contributed by atoms with Crippen LogP contribution in [-0.4, -0.2) is 40.6 Å². The highest BCUT2D eigenvalue weighted by molar-refractivity contribution is 7.80. The van der Waals surface area contributed by atoms with Crippen molar-refractivity contribution < 1.29 is 9.53 Å². The van der Waals surface area contributed by atoms with E-state index in [4.69, 9.17) is 22.7 Å². The minimum Gasteiger partial charge on any atom is -0.389 e. The molecule has 1 amide bonds. The predicted molar refractivity (Wildman–Crippen MR) is 87.2 cm³/mol. The first-order valence-electron chi connectivity index (χ1n) is 7.11. The molecule has 4 nitrogen and oxygen atoms in total. The molecule has 1 aromatic rings. The Labute approximate surface area is 131 Å². The highest BCUT2D eigenvalue weighted by Gasteiger charge is 2.33. The fourth-order valence-corrected chi connectivity index (χ4v) is 2.85. The standard InChI is InChI=1S/C16H22N2O2S/c1-11-9-18(10-16(2,3)20-11)14(19)8-12-4-6-13(7-5-12)15(17)21/h4-7,11H,8-10H2,1-3H3,(H2,17,21). The van der Waals surface area contributed by atoms with E-state index in [0.29, 0.717) is 24.5 Å². The van der Waals surface area contributed by atoms with Gasteiger partial charge in [0.2, 0.25) is 5.91 Å². The van der Waals surface area contributed by atoms with Crippen LogP contribution in [0.25, 0.3) is 0 Å². The normalized spacial score (nSPS) is 21.1. The molecule has 0 radical (unpaired) electrons. The molecule has 0 bridgehead atoms. The van der Waals surface area contributed by atoms with Crippen molar-refractivity contribution in [1.29, 1.82) is 0 Å². The maximum atomic E-state index is 12.4. The molecule has 0 saturated carbocycles. The van der Waals surface area contributed by atoms with Gasteiger partial charge in [0.05, 0.1) is 18.1 Å². The number of rotatable bonds is 3. The van der Waals surface area contributed by atoms with E-state index >= 15 is 0 Å². The zero-order valence-electron chi connectivity index (χ0n) is 12.8. The number of morpholine rings is 1. The fraction of sp³-hybridized carbons (Fsp3) is 0.500. The molecule has 0 aromatic heterocycles. The minimum atomic E-state index is -0.289. The number of thiocarbonyl (C=S) groups is 1. The largest absolute Gasteiger partial charge is 0.389 e. The monoisotopic (exact) mass is 306 g/mol. The molecule has 1 aromatic carbocycles.